The summed E-state index contributed by atoms with van der Waals surface area (Å²) in [7, 11) is -2.72. The minimum absolute atomic E-state index is 0.306. The Morgan fingerprint density at radius 3 is 2.73 bits per heavy atom. The van der Waals surface area contributed by atoms with Crippen LogP contribution >= 0.6 is 0 Å². The molecule has 0 aliphatic heterocycles. The van der Waals surface area contributed by atoms with Gasteiger partial charge in [0.15, 0.2) is 0 Å². The van der Waals surface area contributed by atoms with Crippen molar-refractivity contribution in [2.75, 3.05) is 12.0 Å². The molecule has 1 heterocycles. The van der Waals surface area contributed by atoms with Crippen molar-refractivity contribution in [1.29, 1.82) is 4.78 Å². The molecule has 3 N–H and O–H groups in total. The molecular formula is C6H9N3OS. The van der Waals surface area contributed by atoms with Crippen LogP contribution in [0, 0.1) is 4.78 Å². The zero-order chi connectivity index (χ0) is 8.48. The molecule has 0 aliphatic rings. The molecule has 1 unspecified atom stereocenters. The lowest BCUT2D eigenvalue weighted by Crippen LogP contribution is -2.00. The molecule has 4 nitrogen and oxygen atoms in total. The lowest BCUT2D eigenvalue weighted by Gasteiger charge is -2.02. The maximum absolute atomic E-state index is 11.2. The molecular weight excluding hydrogens is 162 g/mol. The van der Waals surface area contributed by atoms with E-state index in [0.29, 0.717) is 10.6 Å². The fraction of sp³-hybridized carbons (Fsp3) is 0.167. The monoisotopic (exact) mass is 171 g/mol. The van der Waals surface area contributed by atoms with Crippen molar-refractivity contribution < 1.29 is 4.21 Å². The second kappa shape index (κ2) is 2.50. The van der Waals surface area contributed by atoms with Crippen LogP contribution in [0.15, 0.2) is 23.4 Å². The lowest BCUT2D eigenvalue weighted by molar-refractivity contribution is 0.679. The summed E-state index contributed by atoms with van der Waals surface area (Å²) in [5, 5.41) is 0. The van der Waals surface area contributed by atoms with E-state index in [4.69, 9.17) is 10.5 Å². The smallest absolute Gasteiger partial charge is 0.0881 e. The Hall–Kier alpha value is -1.10. The topological polar surface area (TPSA) is 79.8 Å². The van der Waals surface area contributed by atoms with Gasteiger partial charge in [-0.25, -0.2) is 8.99 Å². The molecule has 1 atom stereocenters. The summed E-state index contributed by atoms with van der Waals surface area (Å²) in [5.41, 5.74) is 5.83. The molecule has 0 fully saturated rings. The molecule has 11 heavy (non-hydrogen) atoms. The summed E-state index contributed by atoms with van der Waals surface area (Å²) in [6.07, 6.45) is 4.19. The van der Waals surface area contributed by atoms with Gasteiger partial charge in [0.1, 0.15) is 0 Å². The molecule has 0 saturated carbocycles. The van der Waals surface area contributed by atoms with E-state index in [2.05, 4.69) is 4.98 Å². The van der Waals surface area contributed by atoms with E-state index in [0.717, 1.165) is 0 Å². The Morgan fingerprint density at radius 1 is 1.73 bits per heavy atom. The summed E-state index contributed by atoms with van der Waals surface area (Å²) < 4.78 is 18.4. The fourth-order valence-electron chi connectivity index (χ4n) is 0.716. The van der Waals surface area contributed by atoms with E-state index < -0.39 is 9.73 Å². The summed E-state index contributed by atoms with van der Waals surface area (Å²) in [6, 6.07) is 1.53. The van der Waals surface area contributed by atoms with Crippen LogP contribution in [0.2, 0.25) is 0 Å². The normalized spacial score (nSPS) is 15.7. The number of nitrogens with zero attached hydrogens (tertiary/aromatic N) is 1. The summed E-state index contributed by atoms with van der Waals surface area (Å²) in [4.78, 5) is 4.04. The number of nitrogen functional groups attached to an aromatic ring is 1. The Kier molecular flexibility index (Phi) is 1.82. The van der Waals surface area contributed by atoms with Gasteiger partial charge in [0, 0.05) is 18.6 Å². The molecule has 1 aromatic rings. The van der Waals surface area contributed by atoms with Crippen LogP contribution in [-0.4, -0.2) is 15.4 Å². The van der Waals surface area contributed by atoms with Crippen LogP contribution in [0.25, 0.3) is 0 Å². The molecule has 1 aromatic heterocycles. The van der Waals surface area contributed by atoms with Crippen molar-refractivity contribution in [1.82, 2.24) is 4.98 Å². The number of anilines is 1. The van der Waals surface area contributed by atoms with E-state index in [1.165, 1.54) is 24.7 Å². The summed E-state index contributed by atoms with van der Waals surface area (Å²) in [5.74, 6) is 0. The average molecular weight is 171 g/mol. The number of rotatable bonds is 1. The molecule has 0 spiro atoms. The first-order valence-electron chi connectivity index (χ1n) is 2.95. The quantitative estimate of drug-likeness (QED) is 0.652. The van der Waals surface area contributed by atoms with Crippen molar-refractivity contribution in [3.8, 4) is 0 Å². The van der Waals surface area contributed by atoms with Crippen LogP contribution < -0.4 is 5.73 Å². The molecule has 0 aliphatic carbocycles. The van der Waals surface area contributed by atoms with E-state index in [1.54, 1.807) is 0 Å². The van der Waals surface area contributed by atoms with E-state index in [-0.39, 0.29) is 0 Å². The molecule has 0 amide bonds. The van der Waals surface area contributed by atoms with Gasteiger partial charge in [-0.2, -0.15) is 0 Å². The van der Waals surface area contributed by atoms with Gasteiger partial charge in [-0.1, -0.05) is 0 Å². The van der Waals surface area contributed by atoms with Crippen LogP contribution in [0.5, 0.6) is 0 Å². The predicted molar refractivity (Wildman–Crippen MR) is 43.7 cm³/mol. The third kappa shape index (κ3) is 1.68. The lowest BCUT2D eigenvalue weighted by atomic mass is 10.4. The minimum Gasteiger partial charge on any atom is -0.398 e. The van der Waals surface area contributed by atoms with Gasteiger partial charge in [-0.15, -0.1) is 0 Å². The van der Waals surface area contributed by atoms with E-state index >= 15 is 0 Å². The molecule has 0 radical (unpaired) electrons. The maximum Gasteiger partial charge on any atom is 0.0881 e. The molecule has 1 rings (SSSR count). The zero-order valence-electron chi connectivity index (χ0n) is 6.07. The van der Waals surface area contributed by atoms with Crippen LogP contribution in [0.4, 0.5) is 5.69 Å². The van der Waals surface area contributed by atoms with Gasteiger partial charge in [0.05, 0.1) is 20.3 Å². The van der Waals surface area contributed by atoms with Crippen LogP contribution in [0.3, 0.4) is 0 Å². The fourth-order valence-corrected chi connectivity index (χ4v) is 1.50. The summed E-state index contributed by atoms with van der Waals surface area (Å²) >= 11 is 0. The maximum atomic E-state index is 11.2. The molecule has 0 bridgehead atoms. The Labute approximate surface area is 65.4 Å². The number of aromatic nitrogens is 1. The van der Waals surface area contributed by atoms with Crippen molar-refractivity contribution >= 4 is 15.4 Å². The highest BCUT2D eigenvalue weighted by Crippen LogP contribution is 2.15. The highest BCUT2D eigenvalue weighted by atomic mass is 32.2. The van der Waals surface area contributed by atoms with Gasteiger partial charge in [-0.05, 0) is 6.07 Å². The minimum atomic E-state index is -2.72. The van der Waals surface area contributed by atoms with Crippen molar-refractivity contribution in [2.24, 2.45) is 0 Å². The highest BCUT2D eigenvalue weighted by molar-refractivity contribution is 7.91. The number of hydrogen-bond donors (Lipinski definition) is 2. The van der Waals surface area contributed by atoms with Gasteiger partial charge in [0.2, 0.25) is 0 Å². The van der Waals surface area contributed by atoms with E-state index in [1.807, 2.05) is 0 Å². The molecule has 0 saturated heterocycles. The SMILES string of the molecule is CS(=N)(=O)c1cnccc1N. The predicted octanol–water partition coefficient (Wildman–Crippen LogP) is 0.699. The van der Waals surface area contributed by atoms with Crippen LogP contribution in [-0.2, 0) is 9.73 Å². The molecule has 5 heteroatoms. The van der Waals surface area contributed by atoms with Crippen molar-refractivity contribution in [2.45, 2.75) is 4.90 Å². The van der Waals surface area contributed by atoms with Gasteiger partial charge in [0.25, 0.3) is 0 Å². The number of nitrogens with two attached hydrogens (primary N) is 1. The standard InChI is InChI=1S/C6H9N3OS/c1-11(8,10)6-4-9-3-2-5(6)7/h2-4,8H,1H3,(H2,7,9). The first kappa shape index (κ1) is 8.00. The molecule has 60 valence electrons. The van der Waals surface area contributed by atoms with Gasteiger partial charge < -0.3 is 5.73 Å². The van der Waals surface area contributed by atoms with Gasteiger partial charge in [-0.3, -0.25) is 4.98 Å². The van der Waals surface area contributed by atoms with E-state index in [9.17, 15) is 4.21 Å². The first-order chi connectivity index (χ1) is 5.02. The van der Waals surface area contributed by atoms with Crippen molar-refractivity contribution in [3.05, 3.63) is 18.5 Å². The Morgan fingerprint density at radius 2 is 2.36 bits per heavy atom. The largest absolute Gasteiger partial charge is 0.398 e. The summed E-state index contributed by atoms with van der Waals surface area (Å²) in [6.45, 7) is 0. The average Bonchev–Trinajstić information content (AvgIpc) is 1.86. The first-order valence-corrected chi connectivity index (χ1v) is 4.92. The zero-order valence-corrected chi connectivity index (χ0v) is 6.89. The number of pyridine rings is 1. The van der Waals surface area contributed by atoms with Crippen LogP contribution in [0.1, 0.15) is 0 Å². The third-order valence-corrected chi connectivity index (χ3v) is 2.42. The molecule has 0 aromatic carbocycles. The number of hydrogen-bond acceptors (Lipinski definition) is 4. The second-order valence-electron chi connectivity index (χ2n) is 2.26. The Balaban J connectivity index is 3.37. The second-order valence-corrected chi connectivity index (χ2v) is 4.38. The highest BCUT2D eigenvalue weighted by Gasteiger charge is 2.06. The number of nitrogens with one attached hydrogen (secondary N) is 1. The Bertz CT molecular complexity index is 358. The van der Waals surface area contributed by atoms with Gasteiger partial charge >= 0.3 is 0 Å². The van der Waals surface area contributed by atoms with Crippen molar-refractivity contribution in [3.63, 3.8) is 0 Å². The third-order valence-electron chi connectivity index (χ3n) is 1.24.